The van der Waals surface area contributed by atoms with Gasteiger partial charge in [0, 0.05) is 34.1 Å². The lowest BCUT2D eigenvalue weighted by atomic mass is 10.0. The Morgan fingerprint density at radius 3 is 1.95 bits per heavy atom. The standard InChI is InChI=1S/C33H32Cl3N3O4S/c1-23(2)37-33(41)31(17-24-11-5-3-6-12-24)38(21-25-13-9-10-16-30(25)36)32(40)22-39(28-19-26(34)18-27(35)20-28)44(42,43)29-14-7-4-8-15-29/h3-16,18-20,23,31H,17,21-22H2,1-2H3,(H,37,41). The minimum Gasteiger partial charge on any atom is -0.352 e. The number of benzene rings is 4. The first-order valence-electron chi connectivity index (χ1n) is 13.9. The first kappa shape index (κ1) is 33.3. The highest BCUT2D eigenvalue weighted by Gasteiger charge is 2.35. The summed E-state index contributed by atoms with van der Waals surface area (Å²) in [7, 11) is -4.28. The first-order chi connectivity index (χ1) is 21.0. The van der Waals surface area contributed by atoms with E-state index in [1.807, 2.05) is 44.2 Å². The van der Waals surface area contributed by atoms with Crippen molar-refractivity contribution in [3.63, 3.8) is 0 Å². The van der Waals surface area contributed by atoms with Gasteiger partial charge in [0.25, 0.3) is 10.0 Å². The maximum absolute atomic E-state index is 14.4. The number of halogens is 3. The Morgan fingerprint density at radius 1 is 0.795 bits per heavy atom. The molecule has 1 N–H and O–H groups in total. The average molecular weight is 673 g/mol. The number of amides is 2. The van der Waals surface area contributed by atoms with Gasteiger partial charge in [-0.05, 0) is 61.4 Å². The van der Waals surface area contributed by atoms with Crippen LogP contribution >= 0.6 is 34.8 Å². The predicted molar refractivity (Wildman–Crippen MR) is 177 cm³/mol. The van der Waals surface area contributed by atoms with Crippen molar-refractivity contribution in [1.29, 1.82) is 0 Å². The number of nitrogens with one attached hydrogen (secondary N) is 1. The molecule has 2 amide bonds. The van der Waals surface area contributed by atoms with Crippen LogP contribution in [-0.4, -0.2) is 43.8 Å². The van der Waals surface area contributed by atoms with E-state index < -0.39 is 28.5 Å². The minimum atomic E-state index is -4.28. The van der Waals surface area contributed by atoms with Crippen molar-refractivity contribution >= 4 is 62.3 Å². The zero-order valence-electron chi connectivity index (χ0n) is 24.2. The normalized spacial score (nSPS) is 12.0. The van der Waals surface area contributed by atoms with E-state index in [1.54, 1.807) is 42.5 Å². The fraction of sp³-hybridized carbons (Fsp3) is 0.212. The molecular weight excluding hydrogens is 641 g/mol. The largest absolute Gasteiger partial charge is 0.352 e. The summed E-state index contributed by atoms with van der Waals surface area (Å²) in [6.07, 6.45) is 0.185. The number of carbonyl (C=O) groups excluding carboxylic acids is 2. The van der Waals surface area contributed by atoms with E-state index in [0.717, 1.165) is 9.87 Å². The van der Waals surface area contributed by atoms with E-state index in [1.165, 1.54) is 35.2 Å². The van der Waals surface area contributed by atoms with Crippen molar-refractivity contribution in [2.45, 2.75) is 43.8 Å². The van der Waals surface area contributed by atoms with Gasteiger partial charge in [0.05, 0.1) is 10.6 Å². The quantitative estimate of drug-likeness (QED) is 0.176. The molecule has 0 fully saturated rings. The average Bonchev–Trinajstić information content (AvgIpc) is 2.98. The van der Waals surface area contributed by atoms with Gasteiger partial charge in [0.15, 0.2) is 0 Å². The third kappa shape index (κ3) is 8.54. The maximum Gasteiger partial charge on any atom is 0.264 e. The van der Waals surface area contributed by atoms with Crippen LogP contribution in [0.5, 0.6) is 0 Å². The van der Waals surface area contributed by atoms with Crippen LogP contribution in [-0.2, 0) is 32.6 Å². The molecule has 0 bridgehead atoms. The summed E-state index contributed by atoms with van der Waals surface area (Å²) in [4.78, 5) is 29.5. The Labute approximate surface area is 273 Å². The Kier molecular flexibility index (Phi) is 11.3. The van der Waals surface area contributed by atoms with E-state index in [-0.39, 0.29) is 45.5 Å². The van der Waals surface area contributed by atoms with Gasteiger partial charge in [0.1, 0.15) is 12.6 Å². The number of rotatable bonds is 12. The molecule has 0 radical (unpaired) electrons. The number of hydrogen-bond donors (Lipinski definition) is 1. The van der Waals surface area contributed by atoms with Gasteiger partial charge in [-0.1, -0.05) is 102 Å². The molecule has 44 heavy (non-hydrogen) atoms. The third-order valence-corrected chi connectivity index (χ3v) is 9.34. The molecule has 1 atom stereocenters. The number of hydrogen-bond acceptors (Lipinski definition) is 4. The molecule has 1 unspecified atom stereocenters. The topological polar surface area (TPSA) is 86.8 Å². The molecule has 0 aliphatic heterocycles. The van der Waals surface area contributed by atoms with Gasteiger partial charge in [0.2, 0.25) is 11.8 Å². The molecule has 230 valence electrons. The number of anilines is 1. The molecule has 0 spiro atoms. The number of sulfonamides is 1. The van der Waals surface area contributed by atoms with Crippen molar-refractivity contribution in [1.82, 2.24) is 10.2 Å². The molecule has 7 nitrogen and oxygen atoms in total. The van der Waals surface area contributed by atoms with E-state index in [9.17, 15) is 18.0 Å². The Balaban J connectivity index is 1.83. The lowest BCUT2D eigenvalue weighted by Gasteiger charge is -2.34. The van der Waals surface area contributed by atoms with Gasteiger partial charge in [-0.2, -0.15) is 0 Å². The molecule has 4 aromatic carbocycles. The van der Waals surface area contributed by atoms with Gasteiger partial charge in [-0.3, -0.25) is 13.9 Å². The van der Waals surface area contributed by atoms with Crippen LogP contribution < -0.4 is 9.62 Å². The Morgan fingerprint density at radius 2 is 1.36 bits per heavy atom. The first-order valence-corrected chi connectivity index (χ1v) is 16.4. The monoisotopic (exact) mass is 671 g/mol. The van der Waals surface area contributed by atoms with Crippen LogP contribution in [0.4, 0.5) is 5.69 Å². The van der Waals surface area contributed by atoms with Gasteiger partial charge >= 0.3 is 0 Å². The Bertz CT molecular complexity index is 1680. The molecule has 0 heterocycles. The maximum atomic E-state index is 14.4. The van der Waals surface area contributed by atoms with Gasteiger partial charge in [-0.25, -0.2) is 8.42 Å². The summed E-state index contributed by atoms with van der Waals surface area (Å²) >= 11 is 19.1. The lowest BCUT2D eigenvalue weighted by Crippen LogP contribution is -2.54. The van der Waals surface area contributed by atoms with Crippen LogP contribution in [0.2, 0.25) is 15.1 Å². The molecule has 11 heteroatoms. The van der Waals surface area contributed by atoms with E-state index in [0.29, 0.717) is 10.6 Å². The number of carbonyl (C=O) groups is 2. The van der Waals surface area contributed by atoms with Crippen molar-refractivity contribution in [2.24, 2.45) is 0 Å². The molecule has 0 aliphatic rings. The molecule has 4 rings (SSSR count). The SMILES string of the molecule is CC(C)NC(=O)C(Cc1ccccc1)N(Cc1ccccc1Cl)C(=O)CN(c1cc(Cl)cc(Cl)c1)S(=O)(=O)c1ccccc1. The summed E-state index contributed by atoms with van der Waals surface area (Å²) in [6, 6.07) is 27.2. The predicted octanol–water partition coefficient (Wildman–Crippen LogP) is 7.01. The molecule has 0 saturated carbocycles. The molecule has 4 aromatic rings. The molecular formula is C33H32Cl3N3O4S. The smallest absolute Gasteiger partial charge is 0.264 e. The summed E-state index contributed by atoms with van der Waals surface area (Å²) in [5.41, 5.74) is 1.52. The van der Waals surface area contributed by atoms with Crippen molar-refractivity contribution < 1.29 is 18.0 Å². The van der Waals surface area contributed by atoms with Crippen molar-refractivity contribution in [3.8, 4) is 0 Å². The van der Waals surface area contributed by atoms with E-state index in [2.05, 4.69) is 5.32 Å². The van der Waals surface area contributed by atoms with Crippen LogP contribution in [0.25, 0.3) is 0 Å². The van der Waals surface area contributed by atoms with Gasteiger partial charge in [-0.15, -0.1) is 0 Å². The van der Waals surface area contributed by atoms with Crippen LogP contribution in [0.1, 0.15) is 25.0 Å². The second kappa shape index (κ2) is 14.9. The highest BCUT2D eigenvalue weighted by molar-refractivity contribution is 7.92. The highest BCUT2D eigenvalue weighted by atomic mass is 35.5. The molecule has 0 aliphatic carbocycles. The Hall–Kier alpha value is -3.56. The highest BCUT2D eigenvalue weighted by Crippen LogP contribution is 2.30. The fourth-order valence-electron chi connectivity index (χ4n) is 4.68. The third-order valence-electron chi connectivity index (χ3n) is 6.75. The van der Waals surface area contributed by atoms with E-state index in [4.69, 9.17) is 34.8 Å². The zero-order chi connectivity index (χ0) is 31.9. The minimum absolute atomic E-state index is 0.0278. The van der Waals surface area contributed by atoms with Crippen LogP contribution in [0.3, 0.4) is 0 Å². The summed E-state index contributed by atoms with van der Waals surface area (Å²) < 4.78 is 29.0. The number of nitrogens with zero attached hydrogens (tertiary/aromatic N) is 2. The second-order valence-electron chi connectivity index (χ2n) is 10.4. The fourth-order valence-corrected chi connectivity index (χ4v) is 6.81. The van der Waals surface area contributed by atoms with Crippen LogP contribution in [0, 0.1) is 0 Å². The van der Waals surface area contributed by atoms with Crippen molar-refractivity contribution in [2.75, 3.05) is 10.8 Å². The zero-order valence-corrected chi connectivity index (χ0v) is 27.2. The molecule has 0 aromatic heterocycles. The lowest BCUT2D eigenvalue weighted by molar-refractivity contribution is -0.140. The second-order valence-corrected chi connectivity index (χ2v) is 13.6. The van der Waals surface area contributed by atoms with Crippen LogP contribution in [0.15, 0.2) is 108 Å². The summed E-state index contributed by atoms with van der Waals surface area (Å²) in [5.74, 6) is -1.01. The van der Waals surface area contributed by atoms with Gasteiger partial charge < -0.3 is 10.2 Å². The summed E-state index contributed by atoms with van der Waals surface area (Å²) in [5, 5.41) is 3.72. The van der Waals surface area contributed by atoms with Crippen molar-refractivity contribution in [3.05, 3.63) is 129 Å². The van der Waals surface area contributed by atoms with E-state index >= 15 is 0 Å². The molecule has 0 saturated heterocycles. The summed E-state index contributed by atoms with van der Waals surface area (Å²) in [6.45, 7) is 2.97.